The summed E-state index contributed by atoms with van der Waals surface area (Å²) >= 11 is 0. The van der Waals surface area contributed by atoms with E-state index in [1.807, 2.05) is 0 Å². The van der Waals surface area contributed by atoms with Crippen molar-refractivity contribution < 1.29 is 14.7 Å². The summed E-state index contributed by atoms with van der Waals surface area (Å²) in [4.78, 5) is 24.3. The first kappa shape index (κ1) is 11.9. The Hall–Kier alpha value is -1.20. The Morgan fingerprint density at radius 3 is 2.33 bits per heavy atom. The molecule has 1 heterocycles. The van der Waals surface area contributed by atoms with Crippen LogP contribution in [0.25, 0.3) is 0 Å². The van der Waals surface area contributed by atoms with Crippen LogP contribution in [0.5, 0.6) is 0 Å². The molecule has 0 aromatic carbocycles. The van der Waals surface area contributed by atoms with Gasteiger partial charge in [-0.05, 0) is 12.5 Å². The van der Waals surface area contributed by atoms with Crippen molar-refractivity contribution in [1.82, 2.24) is 10.2 Å². The zero-order chi connectivity index (χ0) is 11.4. The van der Waals surface area contributed by atoms with Crippen LogP contribution in [0, 0.1) is 0 Å². The van der Waals surface area contributed by atoms with Crippen molar-refractivity contribution >= 4 is 11.8 Å². The summed E-state index contributed by atoms with van der Waals surface area (Å²) in [6.45, 7) is 7.63. The van der Waals surface area contributed by atoms with Crippen molar-refractivity contribution in [3.05, 3.63) is 12.2 Å². The molecule has 1 aliphatic rings. The van der Waals surface area contributed by atoms with Crippen molar-refractivity contribution in [1.29, 1.82) is 0 Å². The fourth-order valence-corrected chi connectivity index (χ4v) is 1.61. The van der Waals surface area contributed by atoms with Gasteiger partial charge in [-0.25, -0.2) is 0 Å². The number of nitrogens with one attached hydrogen (secondary N) is 1. The number of hydrogen-bond acceptors (Lipinski definition) is 4. The van der Waals surface area contributed by atoms with E-state index in [0.29, 0.717) is 31.8 Å². The standard InChI is InChI=1S/C10H16N2O3/c1-7(2)9(13)8(10(14)15)12-5-3-11-4-6-12/h8,11H,1,3-6H2,2H3,(H,14,15). The fraction of sp³-hybridized carbons (Fsp3) is 0.600. The SMILES string of the molecule is C=C(C)C(=O)C(C(=O)O)N1CCNCC1. The van der Waals surface area contributed by atoms with Crippen LogP contribution >= 0.6 is 0 Å². The Bertz CT molecular complexity index is 282. The van der Waals surface area contributed by atoms with Gasteiger partial charge in [0.1, 0.15) is 0 Å². The molecule has 84 valence electrons. The van der Waals surface area contributed by atoms with Crippen molar-refractivity contribution in [2.24, 2.45) is 0 Å². The summed E-state index contributed by atoms with van der Waals surface area (Å²) in [5, 5.41) is 12.1. The lowest BCUT2D eigenvalue weighted by atomic mass is 10.1. The zero-order valence-corrected chi connectivity index (χ0v) is 8.82. The van der Waals surface area contributed by atoms with E-state index in [2.05, 4.69) is 11.9 Å². The summed E-state index contributed by atoms with van der Waals surface area (Å²) in [5.74, 6) is -1.49. The molecule has 5 heteroatoms. The van der Waals surface area contributed by atoms with Gasteiger partial charge in [0, 0.05) is 26.2 Å². The lowest BCUT2D eigenvalue weighted by Crippen LogP contribution is -2.54. The predicted molar refractivity (Wildman–Crippen MR) is 55.7 cm³/mol. The Labute approximate surface area is 88.8 Å². The molecule has 1 atom stereocenters. The van der Waals surface area contributed by atoms with E-state index in [1.165, 1.54) is 0 Å². The van der Waals surface area contributed by atoms with Gasteiger partial charge in [-0.3, -0.25) is 14.5 Å². The number of Topliss-reactive ketones (excluding diaryl/α,β-unsaturated/α-hetero) is 1. The number of carboxylic acids is 1. The summed E-state index contributed by atoms with van der Waals surface area (Å²) < 4.78 is 0. The van der Waals surface area contributed by atoms with Crippen LogP contribution in [0.1, 0.15) is 6.92 Å². The number of aliphatic carboxylic acids is 1. The van der Waals surface area contributed by atoms with Gasteiger partial charge in [-0.1, -0.05) is 6.58 Å². The van der Waals surface area contributed by atoms with Crippen LogP contribution in [0.15, 0.2) is 12.2 Å². The molecule has 0 spiro atoms. The minimum atomic E-state index is -1.09. The average Bonchev–Trinajstić information content (AvgIpc) is 2.18. The molecule has 1 saturated heterocycles. The Kier molecular flexibility index (Phi) is 3.99. The highest BCUT2D eigenvalue weighted by atomic mass is 16.4. The maximum atomic E-state index is 11.6. The van der Waals surface area contributed by atoms with Crippen LogP contribution in [-0.4, -0.2) is 54.0 Å². The first-order valence-electron chi connectivity index (χ1n) is 4.91. The van der Waals surface area contributed by atoms with Crippen molar-refractivity contribution in [2.45, 2.75) is 13.0 Å². The van der Waals surface area contributed by atoms with Crippen molar-refractivity contribution in [3.63, 3.8) is 0 Å². The van der Waals surface area contributed by atoms with Gasteiger partial charge in [0.15, 0.2) is 11.8 Å². The van der Waals surface area contributed by atoms with Crippen LogP contribution in [0.4, 0.5) is 0 Å². The monoisotopic (exact) mass is 212 g/mol. The molecule has 1 rings (SSSR count). The average molecular weight is 212 g/mol. The third kappa shape index (κ3) is 2.87. The lowest BCUT2D eigenvalue weighted by Gasteiger charge is -2.31. The fourth-order valence-electron chi connectivity index (χ4n) is 1.61. The molecule has 1 unspecified atom stereocenters. The molecule has 0 aromatic heterocycles. The maximum Gasteiger partial charge on any atom is 0.329 e. The largest absolute Gasteiger partial charge is 0.480 e. The molecule has 0 amide bonds. The van der Waals surface area contributed by atoms with E-state index in [1.54, 1.807) is 11.8 Å². The van der Waals surface area contributed by atoms with E-state index < -0.39 is 17.8 Å². The molecular weight excluding hydrogens is 196 g/mol. The summed E-state index contributed by atoms with van der Waals surface area (Å²) in [5.41, 5.74) is 0.293. The minimum Gasteiger partial charge on any atom is -0.480 e. The van der Waals surface area contributed by atoms with Gasteiger partial charge >= 0.3 is 5.97 Å². The Balaban J connectivity index is 2.76. The van der Waals surface area contributed by atoms with Gasteiger partial charge < -0.3 is 10.4 Å². The second kappa shape index (κ2) is 5.04. The smallest absolute Gasteiger partial charge is 0.329 e. The Morgan fingerprint density at radius 2 is 1.93 bits per heavy atom. The molecule has 1 aliphatic heterocycles. The highest BCUT2D eigenvalue weighted by Gasteiger charge is 2.33. The minimum absolute atomic E-state index is 0.293. The van der Waals surface area contributed by atoms with Crippen LogP contribution < -0.4 is 5.32 Å². The van der Waals surface area contributed by atoms with E-state index >= 15 is 0 Å². The zero-order valence-electron chi connectivity index (χ0n) is 8.82. The number of carboxylic acid groups (broad SMARTS) is 1. The molecule has 0 aromatic rings. The lowest BCUT2D eigenvalue weighted by molar-refractivity contribution is -0.147. The molecule has 5 nitrogen and oxygen atoms in total. The summed E-state index contributed by atoms with van der Waals surface area (Å²) in [7, 11) is 0. The molecule has 0 bridgehead atoms. The second-order valence-corrected chi connectivity index (χ2v) is 3.67. The van der Waals surface area contributed by atoms with E-state index in [9.17, 15) is 9.59 Å². The number of nitrogens with zero attached hydrogens (tertiary/aromatic N) is 1. The van der Waals surface area contributed by atoms with E-state index in [-0.39, 0.29) is 0 Å². The summed E-state index contributed by atoms with van der Waals surface area (Å²) in [6.07, 6.45) is 0. The van der Waals surface area contributed by atoms with E-state index in [4.69, 9.17) is 5.11 Å². The molecule has 15 heavy (non-hydrogen) atoms. The number of carbonyl (C=O) groups is 2. The molecule has 0 radical (unpaired) electrons. The predicted octanol–water partition coefficient (Wildman–Crippen LogP) is -0.510. The van der Waals surface area contributed by atoms with Gasteiger partial charge in [0.25, 0.3) is 0 Å². The topological polar surface area (TPSA) is 69.6 Å². The molecule has 0 saturated carbocycles. The van der Waals surface area contributed by atoms with E-state index in [0.717, 1.165) is 0 Å². The third-order valence-electron chi connectivity index (χ3n) is 2.42. The molecule has 0 aliphatic carbocycles. The van der Waals surface area contributed by atoms with Crippen LogP contribution in [0.2, 0.25) is 0 Å². The van der Waals surface area contributed by atoms with Gasteiger partial charge in [0.05, 0.1) is 0 Å². The first-order chi connectivity index (χ1) is 7.04. The van der Waals surface area contributed by atoms with Crippen LogP contribution in [-0.2, 0) is 9.59 Å². The highest BCUT2D eigenvalue weighted by molar-refractivity contribution is 6.10. The van der Waals surface area contributed by atoms with Gasteiger partial charge in [-0.15, -0.1) is 0 Å². The number of ketones is 1. The van der Waals surface area contributed by atoms with Crippen molar-refractivity contribution in [3.8, 4) is 0 Å². The van der Waals surface area contributed by atoms with Gasteiger partial charge in [-0.2, -0.15) is 0 Å². The van der Waals surface area contributed by atoms with Crippen LogP contribution in [0.3, 0.4) is 0 Å². The molecule has 1 fully saturated rings. The number of piperazine rings is 1. The Morgan fingerprint density at radius 1 is 1.40 bits per heavy atom. The van der Waals surface area contributed by atoms with Crippen molar-refractivity contribution in [2.75, 3.05) is 26.2 Å². The number of carbonyl (C=O) groups excluding carboxylic acids is 1. The molecular formula is C10H16N2O3. The number of rotatable bonds is 4. The normalized spacial score (nSPS) is 19.5. The maximum absolute atomic E-state index is 11.6. The quantitative estimate of drug-likeness (QED) is 0.485. The second-order valence-electron chi connectivity index (χ2n) is 3.67. The third-order valence-corrected chi connectivity index (χ3v) is 2.42. The molecule has 2 N–H and O–H groups in total. The summed E-state index contributed by atoms with van der Waals surface area (Å²) in [6, 6.07) is -1.07. The highest BCUT2D eigenvalue weighted by Crippen LogP contribution is 2.07. The first-order valence-corrected chi connectivity index (χ1v) is 4.91. The number of hydrogen-bond donors (Lipinski definition) is 2. The van der Waals surface area contributed by atoms with Gasteiger partial charge in [0.2, 0.25) is 0 Å².